The summed E-state index contributed by atoms with van der Waals surface area (Å²) in [5.41, 5.74) is 0. The minimum atomic E-state index is -0.0478. The van der Waals surface area contributed by atoms with Crippen LogP contribution >= 0.6 is 0 Å². The lowest BCUT2D eigenvalue weighted by Gasteiger charge is -2.34. The molecule has 24 heavy (non-hydrogen) atoms. The summed E-state index contributed by atoms with van der Waals surface area (Å²) in [7, 11) is 6.23. The Kier molecular flexibility index (Phi) is 5.42. The monoisotopic (exact) mass is 337 g/mol. The van der Waals surface area contributed by atoms with E-state index in [0.29, 0.717) is 13.0 Å². The van der Waals surface area contributed by atoms with Gasteiger partial charge in [-0.3, -0.25) is 19.4 Å². The van der Waals surface area contributed by atoms with Crippen molar-refractivity contribution in [2.75, 3.05) is 60.4 Å². The number of likely N-dealkylation sites (N-methyl/N-ethyl adjacent to an activating group) is 3. The minimum Gasteiger partial charge on any atom is -0.353 e. The van der Waals surface area contributed by atoms with Crippen LogP contribution in [0.3, 0.4) is 0 Å². The van der Waals surface area contributed by atoms with Crippen LogP contribution in [0.2, 0.25) is 0 Å². The highest BCUT2D eigenvalue weighted by Crippen LogP contribution is 2.26. The molecule has 0 aromatic rings. The van der Waals surface area contributed by atoms with Gasteiger partial charge in [0.05, 0.1) is 0 Å². The lowest BCUT2D eigenvalue weighted by Crippen LogP contribution is -2.49. The van der Waals surface area contributed by atoms with Crippen LogP contribution in [0.4, 0.5) is 0 Å². The molecular formula is C17H31N5O2. The molecule has 0 aromatic carbocycles. The van der Waals surface area contributed by atoms with Gasteiger partial charge in [-0.25, -0.2) is 0 Å². The van der Waals surface area contributed by atoms with Crippen molar-refractivity contribution in [2.45, 2.75) is 37.4 Å². The fourth-order valence-corrected chi connectivity index (χ4v) is 4.28. The van der Waals surface area contributed by atoms with Gasteiger partial charge in [0, 0.05) is 57.8 Å². The molecule has 0 saturated carbocycles. The van der Waals surface area contributed by atoms with E-state index < -0.39 is 0 Å². The smallest absolute Gasteiger partial charge is 0.239 e. The Labute approximate surface area is 144 Å². The molecule has 3 atom stereocenters. The first kappa shape index (κ1) is 17.6. The Morgan fingerprint density at radius 2 is 1.83 bits per heavy atom. The molecule has 3 heterocycles. The van der Waals surface area contributed by atoms with Crippen LogP contribution in [0.15, 0.2) is 0 Å². The van der Waals surface area contributed by atoms with E-state index in [1.807, 2.05) is 11.9 Å². The van der Waals surface area contributed by atoms with Gasteiger partial charge in [-0.05, 0) is 34.0 Å². The maximum Gasteiger partial charge on any atom is 0.239 e. The molecule has 0 bridgehead atoms. The van der Waals surface area contributed by atoms with Crippen molar-refractivity contribution in [3.63, 3.8) is 0 Å². The van der Waals surface area contributed by atoms with Crippen molar-refractivity contribution in [3.05, 3.63) is 0 Å². The predicted octanol–water partition coefficient (Wildman–Crippen LogP) is -0.956. The first-order chi connectivity index (χ1) is 11.5. The summed E-state index contributed by atoms with van der Waals surface area (Å²) in [4.78, 5) is 33.6. The van der Waals surface area contributed by atoms with Crippen LogP contribution in [0, 0.1) is 0 Å². The SMILES string of the molecule is CN1CCN(C(=O)CCC2CNC(=O)C3C(CCN3C)N2C)CC1. The number of hydrogen-bond acceptors (Lipinski definition) is 5. The maximum absolute atomic E-state index is 12.5. The second-order valence-electron chi connectivity index (χ2n) is 7.57. The average molecular weight is 337 g/mol. The summed E-state index contributed by atoms with van der Waals surface area (Å²) in [5, 5.41) is 3.08. The quantitative estimate of drug-likeness (QED) is 0.719. The van der Waals surface area contributed by atoms with Crippen molar-refractivity contribution in [1.29, 1.82) is 0 Å². The molecule has 3 aliphatic rings. The summed E-state index contributed by atoms with van der Waals surface area (Å²) in [6.45, 7) is 5.19. The number of fused-ring (bicyclic) bond motifs is 1. The summed E-state index contributed by atoms with van der Waals surface area (Å²) in [5.74, 6) is 0.395. The summed E-state index contributed by atoms with van der Waals surface area (Å²) in [6, 6.07) is 0.460. The van der Waals surface area contributed by atoms with Crippen molar-refractivity contribution in [1.82, 2.24) is 24.9 Å². The van der Waals surface area contributed by atoms with E-state index in [1.54, 1.807) is 0 Å². The van der Waals surface area contributed by atoms with E-state index in [4.69, 9.17) is 0 Å². The summed E-state index contributed by atoms with van der Waals surface area (Å²) < 4.78 is 0. The van der Waals surface area contributed by atoms with E-state index in [2.05, 4.69) is 34.1 Å². The van der Waals surface area contributed by atoms with Gasteiger partial charge in [0.15, 0.2) is 0 Å². The van der Waals surface area contributed by atoms with Gasteiger partial charge in [0.2, 0.25) is 11.8 Å². The van der Waals surface area contributed by atoms with Gasteiger partial charge in [-0.15, -0.1) is 0 Å². The Balaban J connectivity index is 1.55. The van der Waals surface area contributed by atoms with E-state index in [9.17, 15) is 9.59 Å². The zero-order valence-corrected chi connectivity index (χ0v) is 15.2. The molecule has 1 N–H and O–H groups in total. The topological polar surface area (TPSA) is 59.1 Å². The zero-order valence-electron chi connectivity index (χ0n) is 15.2. The molecule has 0 spiro atoms. The first-order valence-electron chi connectivity index (χ1n) is 9.13. The Morgan fingerprint density at radius 1 is 1.12 bits per heavy atom. The highest BCUT2D eigenvalue weighted by molar-refractivity contribution is 5.83. The fraction of sp³-hybridized carbons (Fsp3) is 0.882. The van der Waals surface area contributed by atoms with Gasteiger partial charge in [0.1, 0.15) is 6.04 Å². The Hall–Kier alpha value is -1.18. The number of hydrogen-bond donors (Lipinski definition) is 1. The maximum atomic E-state index is 12.5. The third kappa shape index (κ3) is 3.58. The number of carbonyl (C=O) groups excluding carboxylic acids is 2. The van der Waals surface area contributed by atoms with E-state index in [1.165, 1.54) is 0 Å². The normalized spacial score (nSPS) is 33.2. The number of rotatable bonds is 3. The average Bonchev–Trinajstić information content (AvgIpc) is 2.90. The lowest BCUT2D eigenvalue weighted by molar-refractivity contribution is -0.133. The van der Waals surface area contributed by atoms with Crippen LogP contribution in [-0.4, -0.2) is 110 Å². The third-order valence-electron chi connectivity index (χ3n) is 6.04. The molecule has 7 heteroatoms. The summed E-state index contributed by atoms with van der Waals surface area (Å²) in [6.07, 6.45) is 2.41. The molecule has 136 valence electrons. The van der Waals surface area contributed by atoms with E-state index >= 15 is 0 Å². The molecule has 2 amide bonds. The van der Waals surface area contributed by atoms with Crippen molar-refractivity contribution in [3.8, 4) is 0 Å². The van der Waals surface area contributed by atoms with Crippen LogP contribution in [0.25, 0.3) is 0 Å². The molecule has 3 fully saturated rings. The largest absolute Gasteiger partial charge is 0.353 e. The predicted molar refractivity (Wildman–Crippen MR) is 92.7 cm³/mol. The van der Waals surface area contributed by atoms with Gasteiger partial charge >= 0.3 is 0 Å². The number of carbonyl (C=O) groups is 2. The molecule has 3 saturated heterocycles. The minimum absolute atomic E-state index is 0.0478. The Bertz CT molecular complexity index is 478. The van der Waals surface area contributed by atoms with Crippen molar-refractivity contribution in [2.24, 2.45) is 0 Å². The fourth-order valence-electron chi connectivity index (χ4n) is 4.28. The lowest BCUT2D eigenvalue weighted by atomic mass is 10.0. The molecule has 3 aliphatic heterocycles. The summed E-state index contributed by atoms with van der Waals surface area (Å²) >= 11 is 0. The van der Waals surface area contributed by atoms with E-state index in [-0.39, 0.29) is 29.9 Å². The number of piperazine rings is 1. The highest BCUT2D eigenvalue weighted by Gasteiger charge is 2.43. The third-order valence-corrected chi connectivity index (χ3v) is 6.04. The van der Waals surface area contributed by atoms with Crippen LogP contribution in [0.5, 0.6) is 0 Å². The van der Waals surface area contributed by atoms with Crippen LogP contribution in [-0.2, 0) is 9.59 Å². The van der Waals surface area contributed by atoms with Crippen molar-refractivity contribution >= 4 is 11.8 Å². The molecule has 3 rings (SSSR count). The molecule has 3 unspecified atom stereocenters. The van der Waals surface area contributed by atoms with Gasteiger partial charge in [-0.1, -0.05) is 0 Å². The van der Waals surface area contributed by atoms with Gasteiger partial charge in [-0.2, -0.15) is 0 Å². The molecule has 0 radical (unpaired) electrons. The molecule has 0 aromatic heterocycles. The molecule has 0 aliphatic carbocycles. The second-order valence-corrected chi connectivity index (χ2v) is 7.57. The number of nitrogens with zero attached hydrogens (tertiary/aromatic N) is 4. The number of amides is 2. The van der Waals surface area contributed by atoms with Crippen LogP contribution < -0.4 is 5.32 Å². The molecule has 7 nitrogen and oxygen atoms in total. The standard InChI is InChI=1S/C17H31N5O2/c1-19-8-10-22(11-9-19)15(23)5-4-13-12-18-17(24)16-14(21(13)3)6-7-20(16)2/h13-14,16H,4-12H2,1-3H3,(H,18,24). The van der Waals surface area contributed by atoms with Gasteiger partial charge < -0.3 is 15.1 Å². The second kappa shape index (κ2) is 7.37. The Morgan fingerprint density at radius 3 is 2.54 bits per heavy atom. The zero-order chi connectivity index (χ0) is 17.3. The highest BCUT2D eigenvalue weighted by atomic mass is 16.2. The number of nitrogens with one attached hydrogen (secondary N) is 1. The van der Waals surface area contributed by atoms with Crippen LogP contribution in [0.1, 0.15) is 19.3 Å². The first-order valence-corrected chi connectivity index (χ1v) is 9.13. The van der Waals surface area contributed by atoms with Crippen molar-refractivity contribution < 1.29 is 9.59 Å². The molecular weight excluding hydrogens is 306 g/mol. The van der Waals surface area contributed by atoms with Gasteiger partial charge in [0.25, 0.3) is 0 Å². The number of likely N-dealkylation sites (tertiary alicyclic amines) is 1. The van der Waals surface area contributed by atoms with E-state index in [0.717, 1.165) is 45.6 Å².